The number of alkyl halides is 1. The van der Waals surface area contributed by atoms with Crippen LogP contribution in [0, 0.1) is 17.0 Å². The van der Waals surface area contributed by atoms with Gasteiger partial charge in [-0.1, -0.05) is 28.1 Å². The number of halogens is 1. The van der Waals surface area contributed by atoms with Gasteiger partial charge in [-0.2, -0.15) is 0 Å². The molecule has 0 aliphatic heterocycles. The predicted molar refractivity (Wildman–Crippen MR) is 77.0 cm³/mol. The number of nitrogens with zero attached hydrogens (tertiary/aromatic N) is 1. The lowest BCUT2D eigenvalue weighted by atomic mass is 10.2. The Morgan fingerprint density at radius 1 is 1.16 bits per heavy atom. The Labute approximate surface area is 119 Å². The maximum Gasteiger partial charge on any atom is 0.272 e. The maximum atomic E-state index is 10.7. The van der Waals surface area contributed by atoms with Crippen LogP contribution < -0.4 is 4.74 Å². The molecule has 2 aromatic rings. The Hall–Kier alpha value is -1.88. The number of hydrogen-bond donors (Lipinski definition) is 0. The first-order valence-corrected chi connectivity index (χ1v) is 6.80. The number of rotatable bonds is 4. The monoisotopic (exact) mass is 321 g/mol. The summed E-state index contributed by atoms with van der Waals surface area (Å²) in [6.07, 6.45) is 0. The van der Waals surface area contributed by atoms with Crippen LogP contribution in [-0.4, -0.2) is 4.92 Å². The van der Waals surface area contributed by atoms with E-state index in [4.69, 9.17) is 4.74 Å². The number of ether oxygens (including phenoxy) is 1. The molecule has 0 amide bonds. The quantitative estimate of drug-likeness (QED) is 0.470. The zero-order valence-electron chi connectivity index (χ0n) is 10.3. The van der Waals surface area contributed by atoms with Crippen LogP contribution in [0.5, 0.6) is 11.5 Å². The Morgan fingerprint density at radius 2 is 1.79 bits per heavy atom. The summed E-state index contributed by atoms with van der Waals surface area (Å²) in [5, 5.41) is 11.5. The maximum absolute atomic E-state index is 10.7. The zero-order valence-corrected chi connectivity index (χ0v) is 11.9. The van der Waals surface area contributed by atoms with Gasteiger partial charge in [0.25, 0.3) is 5.69 Å². The highest BCUT2D eigenvalue weighted by atomic mass is 79.9. The van der Waals surface area contributed by atoms with E-state index in [1.54, 1.807) is 19.1 Å². The molecule has 0 unspecified atom stereocenters. The van der Waals surface area contributed by atoms with Gasteiger partial charge in [0.2, 0.25) is 0 Å². The van der Waals surface area contributed by atoms with Crippen molar-refractivity contribution in [3.05, 3.63) is 63.7 Å². The summed E-state index contributed by atoms with van der Waals surface area (Å²) >= 11 is 3.38. The van der Waals surface area contributed by atoms with Crippen molar-refractivity contribution in [1.29, 1.82) is 0 Å². The first kappa shape index (κ1) is 13.5. The van der Waals surface area contributed by atoms with Gasteiger partial charge in [0.15, 0.2) is 0 Å². The fourth-order valence-electron chi connectivity index (χ4n) is 1.68. The topological polar surface area (TPSA) is 52.4 Å². The van der Waals surface area contributed by atoms with Crippen LogP contribution >= 0.6 is 15.9 Å². The Balaban J connectivity index is 2.18. The molecule has 0 aliphatic carbocycles. The van der Waals surface area contributed by atoms with Crippen LogP contribution in [0.1, 0.15) is 11.1 Å². The third-order valence-electron chi connectivity index (χ3n) is 2.68. The van der Waals surface area contributed by atoms with Crippen molar-refractivity contribution < 1.29 is 9.66 Å². The molecule has 0 aromatic heterocycles. The second kappa shape index (κ2) is 5.84. The molecule has 0 radical (unpaired) electrons. The van der Waals surface area contributed by atoms with E-state index in [-0.39, 0.29) is 5.69 Å². The molecule has 4 nitrogen and oxygen atoms in total. The van der Waals surface area contributed by atoms with Gasteiger partial charge in [-0.15, -0.1) is 0 Å². The molecule has 0 saturated heterocycles. The summed E-state index contributed by atoms with van der Waals surface area (Å²) in [6.45, 7) is 1.69. The molecule has 0 atom stereocenters. The van der Waals surface area contributed by atoms with Gasteiger partial charge in [0.1, 0.15) is 11.5 Å². The van der Waals surface area contributed by atoms with Crippen LogP contribution in [0.3, 0.4) is 0 Å². The van der Waals surface area contributed by atoms with Gasteiger partial charge in [-0.3, -0.25) is 10.1 Å². The molecular weight excluding hydrogens is 310 g/mol. The summed E-state index contributed by atoms with van der Waals surface area (Å²) in [5.41, 5.74) is 1.84. The fourth-order valence-corrected chi connectivity index (χ4v) is 2.05. The molecule has 5 heteroatoms. The lowest BCUT2D eigenvalue weighted by Gasteiger charge is -2.07. The Kier molecular flexibility index (Phi) is 4.16. The van der Waals surface area contributed by atoms with Crippen molar-refractivity contribution in [3.63, 3.8) is 0 Å². The standard InChI is InChI=1S/C14H12BrNO3/c1-10-8-13(6-7-14(10)16(17)18)19-12-4-2-11(9-15)3-5-12/h2-8H,9H2,1H3. The molecule has 0 fully saturated rings. The predicted octanol–water partition coefficient (Wildman–Crippen LogP) is 4.59. The lowest BCUT2D eigenvalue weighted by Crippen LogP contribution is -1.92. The molecule has 98 valence electrons. The third kappa shape index (κ3) is 3.32. The van der Waals surface area contributed by atoms with Gasteiger partial charge in [-0.05, 0) is 36.8 Å². The largest absolute Gasteiger partial charge is 0.457 e. The van der Waals surface area contributed by atoms with Gasteiger partial charge in [-0.25, -0.2) is 0 Å². The molecule has 0 heterocycles. The van der Waals surface area contributed by atoms with Gasteiger partial charge in [0, 0.05) is 17.0 Å². The second-order valence-corrected chi connectivity index (χ2v) is 4.65. The van der Waals surface area contributed by atoms with E-state index < -0.39 is 4.92 Å². The van der Waals surface area contributed by atoms with E-state index in [0.29, 0.717) is 17.1 Å². The van der Waals surface area contributed by atoms with Crippen LogP contribution in [-0.2, 0) is 5.33 Å². The molecule has 2 rings (SSSR count). The van der Waals surface area contributed by atoms with Crippen LogP contribution in [0.2, 0.25) is 0 Å². The average Bonchev–Trinajstić information content (AvgIpc) is 2.39. The molecule has 0 aliphatic rings. The Bertz CT molecular complexity index is 596. The van der Waals surface area contributed by atoms with Crippen LogP contribution in [0.4, 0.5) is 5.69 Å². The smallest absolute Gasteiger partial charge is 0.272 e. The highest BCUT2D eigenvalue weighted by Crippen LogP contribution is 2.27. The molecule has 0 N–H and O–H groups in total. The number of nitro groups is 1. The van der Waals surface area contributed by atoms with E-state index in [2.05, 4.69) is 15.9 Å². The number of aryl methyl sites for hydroxylation is 1. The molecule has 0 spiro atoms. The van der Waals surface area contributed by atoms with Crippen molar-refractivity contribution in [2.75, 3.05) is 0 Å². The fraction of sp³-hybridized carbons (Fsp3) is 0.143. The third-order valence-corrected chi connectivity index (χ3v) is 3.33. The summed E-state index contributed by atoms with van der Waals surface area (Å²) in [6, 6.07) is 12.4. The first-order valence-electron chi connectivity index (χ1n) is 5.68. The molecule has 2 aromatic carbocycles. The lowest BCUT2D eigenvalue weighted by molar-refractivity contribution is -0.385. The van der Waals surface area contributed by atoms with Crippen molar-refractivity contribution in [2.24, 2.45) is 0 Å². The minimum atomic E-state index is -0.399. The molecule has 0 saturated carbocycles. The van der Waals surface area contributed by atoms with Gasteiger partial charge >= 0.3 is 0 Å². The van der Waals surface area contributed by atoms with Crippen molar-refractivity contribution in [2.45, 2.75) is 12.3 Å². The van der Waals surface area contributed by atoms with Crippen molar-refractivity contribution in [3.8, 4) is 11.5 Å². The minimum Gasteiger partial charge on any atom is -0.457 e. The van der Waals surface area contributed by atoms with Crippen LogP contribution in [0.25, 0.3) is 0 Å². The number of benzene rings is 2. The number of nitro benzene ring substituents is 1. The minimum absolute atomic E-state index is 0.0991. The zero-order chi connectivity index (χ0) is 13.8. The highest BCUT2D eigenvalue weighted by molar-refractivity contribution is 9.08. The van der Waals surface area contributed by atoms with Crippen molar-refractivity contribution in [1.82, 2.24) is 0 Å². The number of hydrogen-bond acceptors (Lipinski definition) is 3. The highest BCUT2D eigenvalue weighted by Gasteiger charge is 2.10. The van der Waals surface area contributed by atoms with Gasteiger partial charge < -0.3 is 4.74 Å². The van der Waals surface area contributed by atoms with E-state index in [0.717, 1.165) is 10.9 Å². The summed E-state index contributed by atoms with van der Waals surface area (Å²) < 4.78 is 5.66. The normalized spacial score (nSPS) is 10.2. The van der Waals surface area contributed by atoms with E-state index in [9.17, 15) is 10.1 Å². The van der Waals surface area contributed by atoms with Crippen LogP contribution in [0.15, 0.2) is 42.5 Å². The van der Waals surface area contributed by atoms with E-state index in [1.807, 2.05) is 24.3 Å². The Morgan fingerprint density at radius 3 is 2.32 bits per heavy atom. The second-order valence-electron chi connectivity index (χ2n) is 4.09. The first-order chi connectivity index (χ1) is 9.10. The van der Waals surface area contributed by atoms with Gasteiger partial charge in [0.05, 0.1) is 4.92 Å². The summed E-state index contributed by atoms with van der Waals surface area (Å²) in [4.78, 5) is 10.3. The molecular formula is C14H12BrNO3. The molecule has 19 heavy (non-hydrogen) atoms. The average molecular weight is 322 g/mol. The molecule has 0 bridgehead atoms. The van der Waals surface area contributed by atoms with E-state index in [1.165, 1.54) is 6.07 Å². The SMILES string of the molecule is Cc1cc(Oc2ccc(CBr)cc2)ccc1[N+](=O)[O-]. The van der Waals surface area contributed by atoms with Crippen molar-refractivity contribution >= 4 is 21.6 Å². The van der Waals surface area contributed by atoms with E-state index >= 15 is 0 Å². The summed E-state index contributed by atoms with van der Waals surface area (Å²) in [5.74, 6) is 1.30. The summed E-state index contributed by atoms with van der Waals surface area (Å²) in [7, 11) is 0.